The molecule has 2 aliphatic rings. The van der Waals surface area contributed by atoms with Gasteiger partial charge in [0.15, 0.2) is 0 Å². The van der Waals surface area contributed by atoms with Gasteiger partial charge in [-0.1, -0.05) is 34.6 Å². The first-order chi connectivity index (χ1) is 16.5. The smallest absolute Gasteiger partial charge is 0.363 e. The number of primary amides is 1. The maximum Gasteiger partial charge on any atom is 0.391 e. The van der Waals surface area contributed by atoms with E-state index in [9.17, 15) is 37.1 Å². The maximum atomic E-state index is 13.7. The highest BCUT2D eigenvalue weighted by Crippen LogP contribution is 2.65. The molecule has 210 valence electrons. The molecular weight excluding hydrogens is 495 g/mol. The molecule has 5 unspecified atom stereocenters. The van der Waals surface area contributed by atoms with E-state index in [2.05, 4.69) is 10.6 Å². The lowest BCUT2D eigenvalue weighted by Gasteiger charge is -2.38. The van der Waals surface area contributed by atoms with Crippen LogP contribution in [0.3, 0.4) is 0 Å². The first-order valence-electron chi connectivity index (χ1n) is 12.1. The predicted octanol–water partition coefficient (Wildman–Crippen LogP) is 1.47. The van der Waals surface area contributed by atoms with Gasteiger partial charge in [-0.05, 0) is 43.4 Å². The lowest BCUT2D eigenvalue weighted by atomic mass is 9.85. The van der Waals surface area contributed by atoms with Gasteiger partial charge >= 0.3 is 12.2 Å². The number of nitrogens with two attached hydrogens (primary N) is 1. The fraction of sp³-hybridized carbons (Fsp3) is 0.792. The summed E-state index contributed by atoms with van der Waals surface area (Å²) >= 11 is 0. The second kappa shape index (κ2) is 9.79. The Morgan fingerprint density at radius 3 is 1.97 bits per heavy atom. The Bertz CT molecular complexity index is 967. The highest BCUT2D eigenvalue weighted by Gasteiger charge is 2.70. The number of alkyl halides is 3. The Hall–Kier alpha value is -2.86. The van der Waals surface area contributed by atoms with Gasteiger partial charge < -0.3 is 26.6 Å². The SMILES string of the molecule is CC(C)(C)NC(=O)NC(C(=O)N1CC2C(C1C(=O)NC(CC(F)(F)F)C(=O)C(N)=O)C2(C)C)C(C)(C)C. The molecule has 0 bridgehead atoms. The van der Waals surface area contributed by atoms with E-state index >= 15 is 0 Å². The molecule has 2 fully saturated rings. The van der Waals surface area contributed by atoms with E-state index in [1.807, 2.05) is 19.2 Å². The molecule has 1 aliphatic heterocycles. The molecule has 1 saturated carbocycles. The van der Waals surface area contributed by atoms with E-state index < -0.39 is 71.2 Å². The van der Waals surface area contributed by atoms with E-state index in [4.69, 9.17) is 5.73 Å². The van der Waals surface area contributed by atoms with Crippen LogP contribution in [0.2, 0.25) is 0 Å². The van der Waals surface area contributed by atoms with E-state index in [-0.39, 0.29) is 23.8 Å². The second-order valence-electron chi connectivity index (χ2n) is 12.6. The van der Waals surface area contributed by atoms with E-state index in [1.165, 1.54) is 4.90 Å². The third kappa shape index (κ3) is 7.13. The van der Waals surface area contributed by atoms with Gasteiger partial charge in [-0.25, -0.2) is 4.79 Å². The number of carbonyl (C=O) groups excluding carboxylic acids is 5. The molecule has 5 atom stereocenters. The fourth-order valence-electron chi connectivity index (χ4n) is 5.01. The van der Waals surface area contributed by atoms with Gasteiger partial charge in [0.05, 0.1) is 6.42 Å². The van der Waals surface area contributed by atoms with Gasteiger partial charge in [-0.2, -0.15) is 13.2 Å². The first kappa shape index (κ1) is 30.4. The highest BCUT2D eigenvalue weighted by molar-refractivity contribution is 6.37. The number of hydrogen-bond acceptors (Lipinski definition) is 5. The molecule has 0 radical (unpaired) electrons. The molecule has 1 heterocycles. The van der Waals surface area contributed by atoms with Crippen molar-refractivity contribution in [2.45, 2.75) is 91.7 Å². The third-order valence-corrected chi connectivity index (χ3v) is 6.95. The van der Waals surface area contributed by atoms with Gasteiger partial charge in [0.25, 0.3) is 5.91 Å². The summed E-state index contributed by atoms with van der Waals surface area (Å²) in [5.41, 5.74) is 3.16. The van der Waals surface area contributed by atoms with Gasteiger partial charge in [-0.3, -0.25) is 19.2 Å². The standard InChI is InChI=1S/C24H38F3N5O5/c1-21(2,3)16(30-20(37)31-22(4,5)6)19(36)32-10-11-13(23(11,7)8)14(32)18(35)29-12(9-24(25,26)27)15(33)17(28)34/h11-14,16H,9-10H2,1-8H3,(H2,28,34)(H,29,35)(H2,30,31,37). The van der Waals surface area contributed by atoms with Crippen molar-refractivity contribution in [2.75, 3.05) is 6.54 Å². The highest BCUT2D eigenvalue weighted by atomic mass is 19.4. The average molecular weight is 534 g/mol. The molecule has 1 aliphatic carbocycles. The molecule has 13 heteroatoms. The molecule has 0 aromatic heterocycles. The minimum Gasteiger partial charge on any atom is -0.363 e. The molecular formula is C24H38F3N5O5. The van der Waals surface area contributed by atoms with Crippen LogP contribution in [0.5, 0.6) is 0 Å². The number of hydrogen-bond donors (Lipinski definition) is 4. The monoisotopic (exact) mass is 533 g/mol. The number of Topliss-reactive ketones (excluding diaryl/α,β-unsaturated/α-hetero) is 1. The topological polar surface area (TPSA) is 151 Å². The summed E-state index contributed by atoms with van der Waals surface area (Å²) in [6, 6.07) is -5.06. The van der Waals surface area contributed by atoms with Crippen LogP contribution in [0.4, 0.5) is 18.0 Å². The van der Waals surface area contributed by atoms with E-state index in [0.717, 1.165) is 0 Å². The van der Waals surface area contributed by atoms with Crippen molar-refractivity contribution >= 4 is 29.5 Å². The van der Waals surface area contributed by atoms with Gasteiger partial charge in [0, 0.05) is 12.1 Å². The number of piperidine rings is 1. The van der Waals surface area contributed by atoms with Gasteiger partial charge in [0.1, 0.15) is 18.1 Å². The summed E-state index contributed by atoms with van der Waals surface area (Å²) in [6.45, 7) is 14.4. The zero-order valence-electron chi connectivity index (χ0n) is 22.5. The number of ketones is 1. The van der Waals surface area contributed by atoms with Gasteiger partial charge in [-0.15, -0.1) is 0 Å². The van der Waals surface area contributed by atoms with Crippen molar-refractivity contribution in [1.82, 2.24) is 20.9 Å². The van der Waals surface area contributed by atoms with Crippen LogP contribution >= 0.6 is 0 Å². The Morgan fingerprint density at radius 2 is 1.54 bits per heavy atom. The molecule has 0 aromatic carbocycles. The Morgan fingerprint density at radius 1 is 1.00 bits per heavy atom. The van der Waals surface area contributed by atoms with Crippen molar-refractivity contribution in [3.63, 3.8) is 0 Å². The minimum absolute atomic E-state index is 0.107. The zero-order valence-corrected chi connectivity index (χ0v) is 22.5. The lowest BCUT2D eigenvalue weighted by molar-refractivity contribution is -0.155. The average Bonchev–Trinajstić information content (AvgIpc) is 3.03. The second-order valence-corrected chi connectivity index (χ2v) is 12.6. The third-order valence-electron chi connectivity index (χ3n) is 6.95. The van der Waals surface area contributed by atoms with Crippen LogP contribution in [0, 0.1) is 22.7 Å². The fourth-order valence-corrected chi connectivity index (χ4v) is 5.01. The number of nitrogens with zero attached hydrogens (tertiary/aromatic N) is 1. The van der Waals surface area contributed by atoms with Crippen molar-refractivity contribution in [1.29, 1.82) is 0 Å². The molecule has 0 aromatic rings. The molecule has 1 saturated heterocycles. The number of halogens is 3. The minimum atomic E-state index is -4.86. The number of fused-ring (bicyclic) bond motifs is 1. The van der Waals surface area contributed by atoms with Crippen molar-refractivity contribution in [2.24, 2.45) is 28.4 Å². The van der Waals surface area contributed by atoms with E-state index in [0.29, 0.717) is 0 Å². The summed E-state index contributed by atoms with van der Waals surface area (Å²) in [5, 5.41) is 7.41. The number of likely N-dealkylation sites (tertiary alicyclic amines) is 1. The van der Waals surface area contributed by atoms with Crippen LogP contribution in [-0.4, -0.2) is 70.8 Å². The summed E-state index contributed by atoms with van der Waals surface area (Å²) in [5.74, 6) is -5.24. The van der Waals surface area contributed by atoms with Crippen LogP contribution in [0.15, 0.2) is 0 Å². The first-order valence-corrected chi connectivity index (χ1v) is 12.1. The lowest BCUT2D eigenvalue weighted by Crippen LogP contribution is -2.62. The quantitative estimate of drug-likeness (QED) is 0.366. The molecule has 5 amide bonds. The molecule has 37 heavy (non-hydrogen) atoms. The summed E-state index contributed by atoms with van der Waals surface area (Å²) in [6.07, 6.45) is -6.64. The molecule has 2 rings (SSSR count). The summed E-state index contributed by atoms with van der Waals surface area (Å²) in [7, 11) is 0. The Balaban J connectivity index is 2.35. The molecule has 10 nitrogen and oxygen atoms in total. The number of amides is 5. The van der Waals surface area contributed by atoms with Crippen molar-refractivity contribution < 1.29 is 37.1 Å². The normalized spacial score (nSPS) is 24.4. The number of urea groups is 1. The Labute approximate surface area is 214 Å². The summed E-state index contributed by atoms with van der Waals surface area (Å²) in [4.78, 5) is 64.3. The maximum absolute atomic E-state index is 13.7. The molecule has 5 N–H and O–H groups in total. The number of rotatable bonds is 7. The Kier molecular flexibility index (Phi) is 8.03. The number of carbonyl (C=O) groups is 5. The van der Waals surface area contributed by atoms with Crippen molar-refractivity contribution in [3.8, 4) is 0 Å². The number of nitrogens with one attached hydrogen (secondary N) is 3. The molecule has 0 spiro atoms. The van der Waals surface area contributed by atoms with E-state index in [1.54, 1.807) is 41.5 Å². The predicted molar refractivity (Wildman–Crippen MR) is 128 cm³/mol. The van der Waals surface area contributed by atoms with Crippen molar-refractivity contribution in [3.05, 3.63) is 0 Å². The summed E-state index contributed by atoms with van der Waals surface area (Å²) < 4.78 is 39.2. The largest absolute Gasteiger partial charge is 0.391 e. The zero-order chi connectivity index (χ0) is 28.9. The van der Waals surface area contributed by atoms with Crippen LogP contribution in [0.1, 0.15) is 61.8 Å². The van der Waals surface area contributed by atoms with Crippen LogP contribution < -0.4 is 21.7 Å². The van der Waals surface area contributed by atoms with Crippen LogP contribution in [-0.2, 0) is 19.2 Å². The van der Waals surface area contributed by atoms with Gasteiger partial charge in [0.2, 0.25) is 17.6 Å². The van der Waals surface area contributed by atoms with Crippen LogP contribution in [0.25, 0.3) is 0 Å².